The lowest BCUT2D eigenvalue weighted by molar-refractivity contribution is 0.139. The van der Waals surface area contributed by atoms with E-state index in [1.54, 1.807) is 0 Å². The first-order valence-electron chi connectivity index (χ1n) is 6.48. The zero-order chi connectivity index (χ0) is 11.0. The van der Waals surface area contributed by atoms with Gasteiger partial charge >= 0.3 is 0 Å². The maximum Gasteiger partial charge on any atom is 0.0469 e. The van der Waals surface area contributed by atoms with Crippen molar-refractivity contribution in [1.82, 2.24) is 10.3 Å². The van der Waals surface area contributed by atoms with Crippen LogP contribution >= 0.6 is 0 Å². The summed E-state index contributed by atoms with van der Waals surface area (Å²) in [5.41, 5.74) is 2.91. The standard InChI is InChI=1S/C14H20N2/c1-15-9-11-5-6-12(11)13-7-4-10-3-2-8-16-14(10)13/h2-3,8,11-13,15H,4-7,9H2,1H3. The maximum atomic E-state index is 4.62. The molecule has 2 aliphatic rings. The summed E-state index contributed by atoms with van der Waals surface area (Å²) < 4.78 is 0. The Kier molecular flexibility index (Phi) is 2.68. The minimum atomic E-state index is 0.753. The van der Waals surface area contributed by atoms with Gasteiger partial charge in [-0.1, -0.05) is 6.07 Å². The summed E-state index contributed by atoms with van der Waals surface area (Å²) in [5.74, 6) is 2.54. The smallest absolute Gasteiger partial charge is 0.0469 e. The molecule has 3 unspecified atom stereocenters. The van der Waals surface area contributed by atoms with Gasteiger partial charge in [0, 0.05) is 17.8 Å². The van der Waals surface area contributed by atoms with E-state index in [0.29, 0.717) is 0 Å². The molecular weight excluding hydrogens is 196 g/mol. The molecule has 0 bridgehead atoms. The Hall–Kier alpha value is -0.890. The second kappa shape index (κ2) is 4.17. The van der Waals surface area contributed by atoms with Crippen molar-refractivity contribution in [1.29, 1.82) is 0 Å². The van der Waals surface area contributed by atoms with Crippen molar-refractivity contribution in [3.8, 4) is 0 Å². The van der Waals surface area contributed by atoms with Crippen LogP contribution in [0.3, 0.4) is 0 Å². The topological polar surface area (TPSA) is 24.9 Å². The van der Waals surface area contributed by atoms with Crippen LogP contribution in [0.25, 0.3) is 0 Å². The highest BCUT2D eigenvalue weighted by molar-refractivity contribution is 5.29. The molecule has 86 valence electrons. The van der Waals surface area contributed by atoms with Crippen molar-refractivity contribution in [3.63, 3.8) is 0 Å². The van der Waals surface area contributed by atoms with Crippen LogP contribution in [-0.4, -0.2) is 18.6 Å². The van der Waals surface area contributed by atoms with Crippen molar-refractivity contribution in [2.75, 3.05) is 13.6 Å². The van der Waals surface area contributed by atoms with Gasteiger partial charge in [0.05, 0.1) is 0 Å². The molecule has 1 aromatic rings. The number of pyridine rings is 1. The molecule has 1 N–H and O–H groups in total. The van der Waals surface area contributed by atoms with Crippen molar-refractivity contribution >= 4 is 0 Å². The van der Waals surface area contributed by atoms with Crippen molar-refractivity contribution in [3.05, 3.63) is 29.6 Å². The van der Waals surface area contributed by atoms with E-state index >= 15 is 0 Å². The number of aryl methyl sites for hydroxylation is 1. The summed E-state index contributed by atoms with van der Waals surface area (Å²) in [6.45, 7) is 1.18. The summed E-state index contributed by atoms with van der Waals surface area (Å²) in [6.07, 6.45) is 7.36. The number of fused-ring (bicyclic) bond motifs is 1. The summed E-state index contributed by atoms with van der Waals surface area (Å²) in [5, 5.41) is 3.33. The number of nitrogens with one attached hydrogen (secondary N) is 1. The van der Waals surface area contributed by atoms with E-state index in [1.807, 2.05) is 6.20 Å². The second-order valence-electron chi connectivity index (χ2n) is 5.25. The average Bonchev–Trinajstić information content (AvgIpc) is 2.69. The van der Waals surface area contributed by atoms with Gasteiger partial charge in [-0.25, -0.2) is 0 Å². The third-order valence-corrected chi connectivity index (χ3v) is 4.46. The maximum absolute atomic E-state index is 4.62. The quantitative estimate of drug-likeness (QED) is 0.839. The third kappa shape index (κ3) is 1.56. The Morgan fingerprint density at radius 2 is 2.31 bits per heavy atom. The first kappa shape index (κ1) is 10.3. The Morgan fingerprint density at radius 1 is 1.38 bits per heavy atom. The zero-order valence-corrected chi connectivity index (χ0v) is 9.95. The van der Waals surface area contributed by atoms with Gasteiger partial charge in [-0.15, -0.1) is 0 Å². The Bertz CT molecular complexity index is 375. The molecule has 0 aromatic carbocycles. The van der Waals surface area contributed by atoms with E-state index in [9.17, 15) is 0 Å². The second-order valence-corrected chi connectivity index (χ2v) is 5.25. The fourth-order valence-electron chi connectivity index (χ4n) is 3.50. The highest BCUT2D eigenvalue weighted by atomic mass is 14.8. The van der Waals surface area contributed by atoms with Crippen LogP contribution in [0.5, 0.6) is 0 Å². The lowest BCUT2D eigenvalue weighted by atomic mass is 9.66. The molecular formula is C14H20N2. The SMILES string of the molecule is CNCC1CCC1C1CCc2cccnc21. The Morgan fingerprint density at radius 3 is 3.06 bits per heavy atom. The molecule has 2 heteroatoms. The Labute approximate surface area is 97.5 Å². The molecule has 0 spiro atoms. The van der Waals surface area contributed by atoms with Crippen LogP contribution < -0.4 is 5.32 Å². The van der Waals surface area contributed by atoms with E-state index in [-0.39, 0.29) is 0 Å². The molecule has 3 rings (SSSR count). The van der Waals surface area contributed by atoms with Crippen LogP contribution in [0.2, 0.25) is 0 Å². The first-order chi connectivity index (χ1) is 7.90. The fraction of sp³-hybridized carbons (Fsp3) is 0.643. The predicted molar refractivity (Wildman–Crippen MR) is 65.4 cm³/mol. The largest absolute Gasteiger partial charge is 0.319 e. The van der Waals surface area contributed by atoms with Crippen molar-refractivity contribution in [2.45, 2.75) is 31.6 Å². The first-order valence-corrected chi connectivity index (χ1v) is 6.48. The molecule has 0 aliphatic heterocycles. The van der Waals surface area contributed by atoms with Crippen molar-refractivity contribution in [2.24, 2.45) is 11.8 Å². The van der Waals surface area contributed by atoms with Crippen molar-refractivity contribution < 1.29 is 0 Å². The number of rotatable bonds is 3. The van der Waals surface area contributed by atoms with Gasteiger partial charge in [0.25, 0.3) is 0 Å². The minimum Gasteiger partial charge on any atom is -0.319 e. The van der Waals surface area contributed by atoms with E-state index in [0.717, 1.165) is 17.8 Å². The summed E-state index contributed by atoms with van der Waals surface area (Å²) in [7, 11) is 2.07. The van der Waals surface area contributed by atoms with Gasteiger partial charge in [-0.2, -0.15) is 0 Å². The van der Waals surface area contributed by atoms with Gasteiger partial charge in [-0.3, -0.25) is 4.98 Å². The molecule has 0 radical (unpaired) electrons. The summed E-state index contributed by atoms with van der Waals surface area (Å²) in [6, 6.07) is 4.33. The molecule has 2 nitrogen and oxygen atoms in total. The molecule has 1 aromatic heterocycles. The molecule has 1 saturated carbocycles. The number of hydrogen-bond donors (Lipinski definition) is 1. The average molecular weight is 216 g/mol. The highest BCUT2D eigenvalue weighted by Gasteiger charge is 2.40. The molecule has 16 heavy (non-hydrogen) atoms. The van der Waals surface area contributed by atoms with E-state index in [2.05, 4.69) is 29.5 Å². The van der Waals surface area contributed by atoms with E-state index < -0.39 is 0 Å². The lowest BCUT2D eigenvalue weighted by Crippen LogP contribution is -2.37. The highest BCUT2D eigenvalue weighted by Crippen LogP contribution is 2.48. The molecule has 0 amide bonds. The molecule has 1 fully saturated rings. The van der Waals surface area contributed by atoms with Crippen LogP contribution in [0, 0.1) is 11.8 Å². The summed E-state index contributed by atoms with van der Waals surface area (Å²) >= 11 is 0. The molecule has 3 atom stereocenters. The number of nitrogens with zero attached hydrogens (tertiary/aromatic N) is 1. The zero-order valence-electron chi connectivity index (χ0n) is 9.95. The monoisotopic (exact) mass is 216 g/mol. The van der Waals surface area contributed by atoms with Crippen LogP contribution in [-0.2, 0) is 6.42 Å². The van der Waals surface area contributed by atoms with Gasteiger partial charge in [0.1, 0.15) is 0 Å². The Balaban J connectivity index is 1.78. The lowest BCUT2D eigenvalue weighted by Gasteiger charge is -2.40. The summed E-state index contributed by atoms with van der Waals surface area (Å²) in [4.78, 5) is 4.62. The molecule has 1 heterocycles. The predicted octanol–water partition coefficient (Wildman–Crippen LogP) is 2.36. The normalized spacial score (nSPS) is 32.2. The van der Waals surface area contributed by atoms with Gasteiger partial charge in [-0.05, 0) is 62.7 Å². The van der Waals surface area contributed by atoms with Gasteiger partial charge in [0.15, 0.2) is 0 Å². The van der Waals surface area contributed by atoms with E-state index in [4.69, 9.17) is 0 Å². The van der Waals surface area contributed by atoms with Crippen LogP contribution in [0.1, 0.15) is 36.4 Å². The van der Waals surface area contributed by atoms with Gasteiger partial charge < -0.3 is 5.32 Å². The van der Waals surface area contributed by atoms with E-state index in [1.165, 1.54) is 43.5 Å². The molecule has 0 saturated heterocycles. The van der Waals surface area contributed by atoms with Gasteiger partial charge in [0.2, 0.25) is 0 Å². The van der Waals surface area contributed by atoms with Crippen LogP contribution in [0.15, 0.2) is 18.3 Å². The fourth-order valence-corrected chi connectivity index (χ4v) is 3.50. The minimum absolute atomic E-state index is 0.753. The number of hydrogen-bond acceptors (Lipinski definition) is 2. The third-order valence-electron chi connectivity index (χ3n) is 4.46. The number of aromatic nitrogens is 1. The molecule has 2 aliphatic carbocycles. The van der Waals surface area contributed by atoms with Crippen LogP contribution in [0.4, 0.5) is 0 Å².